The fourth-order valence-electron chi connectivity index (χ4n) is 1.67. The number of nitrogens with two attached hydrogens (primary N) is 1. The molecule has 6 heteroatoms. The second-order valence-electron chi connectivity index (χ2n) is 4.04. The second kappa shape index (κ2) is 8.00. The van der Waals surface area contributed by atoms with Crippen LogP contribution in [0, 0.1) is 0 Å². The molecule has 0 aliphatic heterocycles. The standard InChI is InChI=1S/C12H16BrClN2O.ClH/c1-3-4-16(2)7-9-5-8(12(14)17)6-10(13)11(9)15;/h5-6H,3-4,7,15H2,1-2H3;1H. The first-order chi connectivity index (χ1) is 7.95. The van der Waals surface area contributed by atoms with Crippen LogP contribution in [0.25, 0.3) is 0 Å². The molecule has 2 N–H and O–H groups in total. The summed E-state index contributed by atoms with van der Waals surface area (Å²) >= 11 is 8.82. The topological polar surface area (TPSA) is 46.3 Å². The first kappa shape index (κ1) is 17.7. The molecule has 0 fully saturated rings. The fraction of sp³-hybridized carbons (Fsp3) is 0.417. The van der Waals surface area contributed by atoms with Gasteiger partial charge < -0.3 is 10.6 Å². The number of rotatable bonds is 5. The van der Waals surface area contributed by atoms with Crippen LogP contribution in [0.15, 0.2) is 16.6 Å². The van der Waals surface area contributed by atoms with Gasteiger partial charge in [-0.3, -0.25) is 4.79 Å². The average molecular weight is 356 g/mol. The molecule has 1 rings (SSSR count). The van der Waals surface area contributed by atoms with Crippen LogP contribution in [0.5, 0.6) is 0 Å². The molecule has 0 amide bonds. The molecular weight excluding hydrogens is 339 g/mol. The lowest BCUT2D eigenvalue weighted by Gasteiger charge is -2.18. The van der Waals surface area contributed by atoms with Gasteiger partial charge in [0.2, 0.25) is 0 Å². The summed E-state index contributed by atoms with van der Waals surface area (Å²) in [6, 6.07) is 3.40. The number of hydrogen-bond donors (Lipinski definition) is 1. The zero-order valence-electron chi connectivity index (χ0n) is 10.4. The predicted octanol–water partition coefficient (Wildman–Crippen LogP) is 3.67. The summed E-state index contributed by atoms with van der Waals surface area (Å²) in [5.41, 5.74) is 8.01. The lowest BCUT2D eigenvalue weighted by Crippen LogP contribution is -2.19. The van der Waals surface area contributed by atoms with Crippen LogP contribution in [0.3, 0.4) is 0 Å². The minimum Gasteiger partial charge on any atom is -0.398 e. The van der Waals surface area contributed by atoms with Gasteiger partial charge in [0.05, 0.1) is 5.69 Å². The molecule has 0 radical (unpaired) electrons. The summed E-state index contributed by atoms with van der Waals surface area (Å²) in [5.74, 6) is 0. The van der Waals surface area contributed by atoms with Crippen molar-refractivity contribution in [1.29, 1.82) is 0 Å². The van der Waals surface area contributed by atoms with Gasteiger partial charge in [-0.2, -0.15) is 0 Å². The minimum atomic E-state index is -0.468. The third-order valence-corrected chi connectivity index (χ3v) is 3.36. The first-order valence-electron chi connectivity index (χ1n) is 5.42. The summed E-state index contributed by atoms with van der Waals surface area (Å²) in [6.45, 7) is 3.81. The minimum absolute atomic E-state index is 0. The van der Waals surface area contributed by atoms with E-state index in [1.54, 1.807) is 12.1 Å². The largest absolute Gasteiger partial charge is 0.398 e. The van der Waals surface area contributed by atoms with Crippen LogP contribution in [0.2, 0.25) is 0 Å². The number of carbonyl (C=O) groups excluding carboxylic acids is 1. The monoisotopic (exact) mass is 354 g/mol. The Kier molecular flexibility index (Phi) is 7.87. The Morgan fingerprint density at radius 2 is 2.11 bits per heavy atom. The van der Waals surface area contributed by atoms with Crippen LogP contribution in [-0.4, -0.2) is 23.7 Å². The number of hydrogen-bond acceptors (Lipinski definition) is 3. The number of carbonyl (C=O) groups is 1. The van der Waals surface area contributed by atoms with E-state index in [1.165, 1.54) is 0 Å². The predicted molar refractivity (Wildman–Crippen MR) is 82.6 cm³/mol. The van der Waals surface area contributed by atoms with E-state index in [4.69, 9.17) is 17.3 Å². The molecule has 1 aromatic rings. The Bertz CT molecular complexity index is 427. The van der Waals surface area contributed by atoms with Gasteiger partial charge in [-0.05, 0) is 65.2 Å². The molecular formula is C12H17BrCl2N2O. The fourth-order valence-corrected chi connectivity index (χ4v) is 2.28. The normalized spacial score (nSPS) is 10.3. The van der Waals surface area contributed by atoms with Gasteiger partial charge in [0.1, 0.15) is 0 Å². The third-order valence-electron chi connectivity index (χ3n) is 2.49. The zero-order chi connectivity index (χ0) is 13.0. The number of nitrogens with zero attached hydrogens (tertiary/aromatic N) is 1. The maximum Gasteiger partial charge on any atom is 0.252 e. The highest BCUT2D eigenvalue weighted by Crippen LogP contribution is 2.27. The Hall–Kier alpha value is -0.290. The van der Waals surface area contributed by atoms with Crippen LogP contribution >= 0.6 is 39.9 Å². The molecule has 18 heavy (non-hydrogen) atoms. The summed E-state index contributed by atoms with van der Waals surface area (Å²) in [6.07, 6.45) is 1.08. The zero-order valence-corrected chi connectivity index (χ0v) is 13.5. The van der Waals surface area contributed by atoms with E-state index in [9.17, 15) is 4.79 Å². The SMILES string of the molecule is CCCN(C)Cc1cc(C(=O)Cl)cc(Br)c1N.Cl. The van der Waals surface area contributed by atoms with Gasteiger partial charge in [-0.25, -0.2) is 0 Å². The van der Waals surface area contributed by atoms with E-state index in [0.717, 1.165) is 18.5 Å². The van der Waals surface area contributed by atoms with Crippen molar-refractivity contribution in [2.45, 2.75) is 19.9 Å². The number of benzene rings is 1. The van der Waals surface area contributed by atoms with Crippen molar-refractivity contribution in [2.24, 2.45) is 0 Å². The number of anilines is 1. The highest BCUT2D eigenvalue weighted by molar-refractivity contribution is 9.10. The van der Waals surface area contributed by atoms with Crippen molar-refractivity contribution >= 4 is 50.9 Å². The molecule has 0 saturated carbocycles. The molecule has 0 unspecified atom stereocenters. The van der Waals surface area contributed by atoms with Gasteiger partial charge in [0.15, 0.2) is 0 Å². The van der Waals surface area contributed by atoms with Gasteiger partial charge in [-0.1, -0.05) is 6.92 Å². The number of halogens is 3. The van der Waals surface area contributed by atoms with Gasteiger partial charge in [0.25, 0.3) is 5.24 Å². The van der Waals surface area contributed by atoms with Gasteiger partial charge in [0, 0.05) is 16.6 Å². The van der Waals surface area contributed by atoms with Crippen molar-refractivity contribution in [3.8, 4) is 0 Å². The summed E-state index contributed by atoms with van der Waals surface area (Å²) in [7, 11) is 2.02. The summed E-state index contributed by atoms with van der Waals surface area (Å²) in [5, 5.41) is -0.468. The number of nitrogen functional groups attached to an aromatic ring is 1. The Morgan fingerprint density at radius 1 is 1.50 bits per heavy atom. The second-order valence-corrected chi connectivity index (χ2v) is 5.24. The molecule has 0 aliphatic rings. The molecule has 0 spiro atoms. The van der Waals surface area contributed by atoms with Crippen LogP contribution in [0.4, 0.5) is 5.69 Å². The highest BCUT2D eigenvalue weighted by Gasteiger charge is 2.11. The van der Waals surface area contributed by atoms with Crippen LogP contribution in [0.1, 0.15) is 29.3 Å². The molecule has 0 aromatic heterocycles. The van der Waals surface area contributed by atoms with E-state index in [1.807, 2.05) is 7.05 Å². The van der Waals surface area contributed by atoms with E-state index in [2.05, 4.69) is 27.8 Å². The molecule has 0 aliphatic carbocycles. The lowest BCUT2D eigenvalue weighted by atomic mass is 10.1. The van der Waals surface area contributed by atoms with Crippen molar-refractivity contribution in [3.05, 3.63) is 27.7 Å². The molecule has 0 atom stereocenters. The molecule has 0 heterocycles. The molecule has 0 bridgehead atoms. The molecule has 1 aromatic carbocycles. The third kappa shape index (κ3) is 4.76. The van der Waals surface area contributed by atoms with Crippen molar-refractivity contribution < 1.29 is 4.79 Å². The van der Waals surface area contributed by atoms with Gasteiger partial charge in [-0.15, -0.1) is 12.4 Å². The van der Waals surface area contributed by atoms with Crippen molar-refractivity contribution in [3.63, 3.8) is 0 Å². The van der Waals surface area contributed by atoms with E-state index in [0.29, 0.717) is 22.3 Å². The lowest BCUT2D eigenvalue weighted by molar-refractivity contribution is 0.108. The van der Waals surface area contributed by atoms with Crippen molar-refractivity contribution in [2.75, 3.05) is 19.3 Å². The molecule has 3 nitrogen and oxygen atoms in total. The Labute approximate surface area is 127 Å². The molecule has 102 valence electrons. The quantitative estimate of drug-likeness (QED) is 0.647. The van der Waals surface area contributed by atoms with E-state index in [-0.39, 0.29) is 12.4 Å². The maximum absolute atomic E-state index is 11.2. The van der Waals surface area contributed by atoms with Gasteiger partial charge >= 0.3 is 0 Å². The van der Waals surface area contributed by atoms with E-state index >= 15 is 0 Å². The average Bonchev–Trinajstić information content (AvgIpc) is 2.24. The Morgan fingerprint density at radius 3 is 2.61 bits per heavy atom. The first-order valence-corrected chi connectivity index (χ1v) is 6.59. The van der Waals surface area contributed by atoms with Crippen molar-refractivity contribution in [1.82, 2.24) is 4.90 Å². The molecule has 0 saturated heterocycles. The van der Waals surface area contributed by atoms with E-state index < -0.39 is 5.24 Å². The van der Waals surface area contributed by atoms with Crippen LogP contribution in [-0.2, 0) is 6.54 Å². The maximum atomic E-state index is 11.2. The highest BCUT2D eigenvalue weighted by atomic mass is 79.9. The smallest absolute Gasteiger partial charge is 0.252 e. The van der Waals surface area contributed by atoms with Crippen LogP contribution < -0.4 is 5.73 Å². The summed E-state index contributed by atoms with van der Waals surface area (Å²) in [4.78, 5) is 13.3. The summed E-state index contributed by atoms with van der Waals surface area (Å²) < 4.78 is 0.712. The Balaban J connectivity index is 0.00000289.